The second-order valence-electron chi connectivity index (χ2n) is 6.89. The number of benzene rings is 1. The SMILES string of the molecule is CC1CCC(c2nc3sc4ccccc4c3c(=O)[nH]2)CC1.CCC. The van der Waals surface area contributed by atoms with E-state index in [1.807, 2.05) is 18.2 Å². The molecule has 4 heteroatoms. The van der Waals surface area contributed by atoms with Crippen LogP contribution in [0.1, 0.15) is 64.6 Å². The van der Waals surface area contributed by atoms with Crippen molar-refractivity contribution in [3.63, 3.8) is 0 Å². The van der Waals surface area contributed by atoms with E-state index in [9.17, 15) is 4.79 Å². The van der Waals surface area contributed by atoms with Crippen LogP contribution in [0.5, 0.6) is 0 Å². The number of hydrogen-bond donors (Lipinski definition) is 1. The lowest BCUT2D eigenvalue weighted by Gasteiger charge is -2.25. The van der Waals surface area contributed by atoms with E-state index in [0.717, 1.165) is 44.9 Å². The van der Waals surface area contributed by atoms with E-state index in [1.54, 1.807) is 11.3 Å². The van der Waals surface area contributed by atoms with Gasteiger partial charge in [0.15, 0.2) is 0 Å². The van der Waals surface area contributed by atoms with Gasteiger partial charge in [0.1, 0.15) is 10.7 Å². The summed E-state index contributed by atoms with van der Waals surface area (Å²) in [6, 6.07) is 8.05. The summed E-state index contributed by atoms with van der Waals surface area (Å²) in [7, 11) is 0. The summed E-state index contributed by atoms with van der Waals surface area (Å²) in [6.45, 7) is 6.56. The van der Waals surface area contributed by atoms with E-state index < -0.39 is 0 Å². The van der Waals surface area contributed by atoms with Gasteiger partial charge in [-0.2, -0.15) is 0 Å². The van der Waals surface area contributed by atoms with Gasteiger partial charge in [0.05, 0.1) is 5.39 Å². The zero-order valence-electron chi connectivity index (χ0n) is 14.8. The minimum Gasteiger partial charge on any atom is -0.310 e. The summed E-state index contributed by atoms with van der Waals surface area (Å²) in [6.07, 6.45) is 6.00. The molecule has 24 heavy (non-hydrogen) atoms. The number of nitrogens with zero attached hydrogens (tertiary/aromatic N) is 1. The van der Waals surface area contributed by atoms with Crippen LogP contribution in [0.15, 0.2) is 29.1 Å². The Kier molecular flexibility index (Phi) is 5.34. The molecule has 0 aliphatic heterocycles. The third-order valence-electron chi connectivity index (χ3n) is 4.67. The van der Waals surface area contributed by atoms with Gasteiger partial charge >= 0.3 is 0 Å². The van der Waals surface area contributed by atoms with Crippen LogP contribution in [-0.2, 0) is 0 Å². The maximum absolute atomic E-state index is 12.5. The molecule has 2 aromatic heterocycles. The zero-order chi connectivity index (χ0) is 17.1. The van der Waals surface area contributed by atoms with Gasteiger partial charge in [-0.25, -0.2) is 4.98 Å². The van der Waals surface area contributed by atoms with Crippen LogP contribution in [-0.4, -0.2) is 9.97 Å². The van der Waals surface area contributed by atoms with E-state index in [1.165, 1.54) is 19.3 Å². The van der Waals surface area contributed by atoms with Crippen molar-refractivity contribution in [2.75, 3.05) is 0 Å². The molecule has 4 rings (SSSR count). The number of aromatic nitrogens is 2. The summed E-state index contributed by atoms with van der Waals surface area (Å²) < 4.78 is 1.14. The predicted octanol–water partition coefficient (Wildman–Crippen LogP) is 5.85. The van der Waals surface area contributed by atoms with Crippen LogP contribution < -0.4 is 5.56 Å². The smallest absolute Gasteiger partial charge is 0.260 e. The van der Waals surface area contributed by atoms with Crippen molar-refractivity contribution in [3.8, 4) is 0 Å². The molecule has 0 amide bonds. The third-order valence-corrected chi connectivity index (χ3v) is 5.73. The van der Waals surface area contributed by atoms with E-state index >= 15 is 0 Å². The van der Waals surface area contributed by atoms with Gasteiger partial charge in [0.25, 0.3) is 5.56 Å². The van der Waals surface area contributed by atoms with E-state index in [0.29, 0.717) is 5.92 Å². The van der Waals surface area contributed by atoms with Crippen LogP contribution in [0.4, 0.5) is 0 Å². The molecule has 1 N–H and O–H groups in total. The molecule has 0 bridgehead atoms. The number of aromatic amines is 1. The van der Waals surface area contributed by atoms with E-state index in [-0.39, 0.29) is 5.56 Å². The predicted molar refractivity (Wildman–Crippen MR) is 104 cm³/mol. The molecular weight excluding hydrogens is 316 g/mol. The average molecular weight is 343 g/mol. The number of nitrogens with one attached hydrogen (secondary N) is 1. The van der Waals surface area contributed by atoms with Crippen molar-refractivity contribution in [2.45, 2.75) is 58.8 Å². The molecule has 0 atom stereocenters. The molecule has 1 aromatic carbocycles. The second-order valence-corrected chi connectivity index (χ2v) is 7.92. The Hall–Kier alpha value is -1.68. The molecule has 0 unspecified atom stereocenters. The van der Waals surface area contributed by atoms with E-state index in [4.69, 9.17) is 4.98 Å². The first-order chi connectivity index (χ1) is 11.6. The van der Waals surface area contributed by atoms with Crippen LogP contribution in [0.3, 0.4) is 0 Å². The highest BCUT2D eigenvalue weighted by Gasteiger charge is 2.23. The van der Waals surface area contributed by atoms with Gasteiger partial charge in [-0.1, -0.05) is 58.2 Å². The summed E-state index contributed by atoms with van der Waals surface area (Å²) in [4.78, 5) is 21.2. The minimum absolute atomic E-state index is 0.0195. The Labute approximate surface area is 147 Å². The van der Waals surface area contributed by atoms with Crippen molar-refractivity contribution in [1.82, 2.24) is 9.97 Å². The lowest BCUT2D eigenvalue weighted by atomic mass is 9.82. The Morgan fingerprint density at radius 1 is 1.17 bits per heavy atom. The summed E-state index contributed by atoms with van der Waals surface area (Å²) in [5.74, 6) is 2.12. The molecule has 1 aliphatic carbocycles. The number of thiophene rings is 1. The maximum atomic E-state index is 12.5. The van der Waals surface area contributed by atoms with Crippen molar-refractivity contribution in [3.05, 3.63) is 40.4 Å². The van der Waals surface area contributed by atoms with Crippen molar-refractivity contribution < 1.29 is 0 Å². The first-order valence-corrected chi connectivity index (χ1v) is 9.87. The van der Waals surface area contributed by atoms with Crippen molar-refractivity contribution >= 4 is 31.6 Å². The molecule has 128 valence electrons. The topological polar surface area (TPSA) is 45.8 Å². The van der Waals surface area contributed by atoms with Gasteiger partial charge in [-0.05, 0) is 24.8 Å². The van der Waals surface area contributed by atoms with Crippen LogP contribution >= 0.6 is 11.3 Å². The fraction of sp³-hybridized carbons (Fsp3) is 0.500. The number of hydrogen-bond acceptors (Lipinski definition) is 3. The quantitative estimate of drug-likeness (QED) is 0.603. The van der Waals surface area contributed by atoms with Gasteiger partial charge in [-0.15, -0.1) is 11.3 Å². The highest BCUT2D eigenvalue weighted by molar-refractivity contribution is 7.25. The maximum Gasteiger partial charge on any atom is 0.260 e. The molecule has 0 spiro atoms. The molecule has 1 aliphatic rings. The largest absolute Gasteiger partial charge is 0.310 e. The molecule has 1 fully saturated rings. The lowest BCUT2D eigenvalue weighted by Crippen LogP contribution is -2.18. The summed E-state index contributed by atoms with van der Waals surface area (Å²) >= 11 is 1.62. The fourth-order valence-corrected chi connectivity index (χ4v) is 4.46. The van der Waals surface area contributed by atoms with Gasteiger partial charge < -0.3 is 4.98 Å². The summed E-state index contributed by atoms with van der Waals surface area (Å²) in [5.41, 5.74) is 0.0195. The molecule has 2 heterocycles. The Morgan fingerprint density at radius 2 is 1.83 bits per heavy atom. The summed E-state index contributed by atoms with van der Waals surface area (Å²) in [5, 5.41) is 1.78. The standard InChI is InChI=1S/C17H18N2OS.C3H8/c1-10-6-8-11(9-7-10)15-18-16(20)14-12-4-2-3-5-13(12)21-17(14)19-15;1-3-2/h2-5,10-11H,6-9H2,1H3,(H,18,19,20);3H2,1-2H3. The van der Waals surface area contributed by atoms with Crippen LogP contribution in [0, 0.1) is 5.92 Å². The van der Waals surface area contributed by atoms with Crippen LogP contribution in [0.2, 0.25) is 0 Å². The van der Waals surface area contributed by atoms with Gasteiger partial charge in [0.2, 0.25) is 0 Å². The fourth-order valence-electron chi connectivity index (χ4n) is 3.37. The van der Waals surface area contributed by atoms with Crippen LogP contribution in [0.25, 0.3) is 20.3 Å². The van der Waals surface area contributed by atoms with Crippen molar-refractivity contribution in [1.29, 1.82) is 0 Å². The molecule has 3 aromatic rings. The molecule has 1 saturated carbocycles. The number of fused-ring (bicyclic) bond motifs is 3. The molecule has 0 radical (unpaired) electrons. The monoisotopic (exact) mass is 342 g/mol. The van der Waals surface area contributed by atoms with Gasteiger partial charge in [0, 0.05) is 16.0 Å². The Balaban J connectivity index is 0.000000526. The van der Waals surface area contributed by atoms with E-state index in [2.05, 4.69) is 31.8 Å². The second kappa shape index (κ2) is 7.47. The lowest BCUT2D eigenvalue weighted by molar-refractivity contribution is 0.340. The first kappa shape index (κ1) is 17.2. The average Bonchev–Trinajstić information content (AvgIpc) is 2.95. The van der Waals surface area contributed by atoms with Crippen molar-refractivity contribution in [2.24, 2.45) is 5.92 Å². The highest BCUT2D eigenvalue weighted by Crippen LogP contribution is 2.35. The minimum atomic E-state index is 0.0195. The van der Waals surface area contributed by atoms with Gasteiger partial charge in [-0.3, -0.25) is 4.79 Å². The molecule has 0 saturated heterocycles. The molecular formula is C20H26N2OS. The Morgan fingerprint density at radius 3 is 2.54 bits per heavy atom. The molecule has 3 nitrogen and oxygen atoms in total. The first-order valence-electron chi connectivity index (χ1n) is 9.05. The normalized spacial score (nSPS) is 20.8. The number of H-pyrrole nitrogens is 1. The highest BCUT2D eigenvalue weighted by atomic mass is 32.1. The number of rotatable bonds is 1. The zero-order valence-corrected chi connectivity index (χ0v) is 15.6. The Bertz CT molecular complexity index is 872. The third kappa shape index (κ3) is 3.39.